The Morgan fingerprint density at radius 1 is 1.21 bits per heavy atom. The van der Waals surface area contributed by atoms with Gasteiger partial charge >= 0.3 is 5.69 Å². The first-order valence-corrected chi connectivity index (χ1v) is 11.2. The topological polar surface area (TPSA) is 71.2 Å². The second-order valence-electron chi connectivity index (χ2n) is 8.13. The van der Waals surface area contributed by atoms with Crippen molar-refractivity contribution in [3.63, 3.8) is 0 Å². The number of rotatable bonds is 5. The third kappa shape index (κ3) is 4.86. The average Bonchev–Trinajstić information content (AvgIpc) is 3.20. The molecule has 174 valence electrons. The number of nitrogens with zero attached hydrogens (tertiary/aromatic N) is 4. The van der Waals surface area contributed by atoms with Crippen LogP contribution < -0.4 is 10.6 Å². The van der Waals surface area contributed by atoms with Crippen LogP contribution in [-0.2, 0) is 12.5 Å². The predicted octanol–water partition coefficient (Wildman–Crippen LogP) is 3.88. The number of aliphatic hydroxyl groups is 1. The molecule has 0 saturated heterocycles. The summed E-state index contributed by atoms with van der Waals surface area (Å²) < 4.78 is 41.8. The molecule has 0 unspecified atom stereocenters. The number of hydrogen-bond acceptors (Lipinski definition) is 6. The van der Waals surface area contributed by atoms with Gasteiger partial charge in [0.2, 0.25) is 5.95 Å². The first kappa shape index (κ1) is 23.2. The number of thiophene rings is 1. The summed E-state index contributed by atoms with van der Waals surface area (Å²) in [5.41, 5.74) is 1.63. The molecule has 1 aliphatic heterocycles. The molecular formula is C23H23F3N4O2S. The number of alkyl halides is 2. The second kappa shape index (κ2) is 8.75. The van der Waals surface area contributed by atoms with Crippen LogP contribution in [0.3, 0.4) is 0 Å². The molecular weight excluding hydrogens is 453 g/mol. The van der Waals surface area contributed by atoms with E-state index in [1.165, 1.54) is 22.8 Å². The van der Waals surface area contributed by atoms with E-state index in [1.54, 1.807) is 30.9 Å². The van der Waals surface area contributed by atoms with Crippen molar-refractivity contribution in [2.75, 3.05) is 18.0 Å². The lowest BCUT2D eigenvalue weighted by Gasteiger charge is -2.31. The van der Waals surface area contributed by atoms with Crippen molar-refractivity contribution in [2.24, 2.45) is 0 Å². The van der Waals surface area contributed by atoms with Crippen LogP contribution in [0.25, 0.3) is 5.57 Å². The van der Waals surface area contributed by atoms with Crippen LogP contribution in [0, 0.1) is 19.7 Å². The Morgan fingerprint density at radius 2 is 1.97 bits per heavy atom. The van der Waals surface area contributed by atoms with E-state index in [1.807, 2.05) is 6.08 Å². The molecule has 1 aromatic carbocycles. The molecule has 0 aliphatic carbocycles. The van der Waals surface area contributed by atoms with Crippen molar-refractivity contribution in [2.45, 2.75) is 39.3 Å². The molecule has 0 fully saturated rings. The van der Waals surface area contributed by atoms with Crippen molar-refractivity contribution >= 4 is 22.9 Å². The Balaban J connectivity index is 1.55. The second-order valence-corrected chi connectivity index (χ2v) is 9.30. The van der Waals surface area contributed by atoms with Gasteiger partial charge in [0.25, 0.3) is 5.92 Å². The van der Waals surface area contributed by atoms with E-state index in [-0.39, 0.29) is 29.7 Å². The van der Waals surface area contributed by atoms with Gasteiger partial charge in [-0.3, -0.25) is 4.57 Å². The van der Waals surface area contributed by atoms with Gasteiger partial charge < -0.3 is 10.0 Å². The van der Waals surface area contributed by atoms with Crippen LogP contribution in [0.5, 0.6) is 0 Å². The highest BCUT2D eigenvalue weighted by Gasteiger charge is 2.27. The lowest BCUT2D eigenvalue weighted by molar-refractivity contribution is 0.0215. The molecule has 0 bridgehead atoms. The molecule has 2 aromatic heterocycles. The zero-order valence-electron chi connectivity index (χ0n) is 18.3. The number of aryl methyl sites for hydroxylation is 2. The van der Waals surface area contributed by atoms with Crippen LogP contribution in [0.1, 0.15) is 33.6 Å². The number of β-amino-alcohol motifs (C(OH)–C–C–N with tert-alkyl or cyclic N) is 1. The third-order valence-electron chi connectivity index (χ3n) is 5.55. The summed E-state index contributed by atoms with van der Waals surface area (Å²) >= 11 is 0.945. The molecule has 6 nitrogen and oxygen atoms in total. The summed E-state index contributed by atoms with van der Waals surface area (Å²) in [4.78, 5) is 23.4. The van der Waals surface area contributed by atoms with Crippen molar-refractivity contribution in [1.82, 2.24) is 14.5 Å². The standard InChI is InChI=1S/C23H23F3N4O2S/c1-13-10-15(24)4-6-17(13)18-8-9-29(12-19(18)31)21-27-14(2)30(22(32)28-21)11-16-5-7-20(33-16)23(3,25)26/h4-8,10,19,31H,9,11-12H2,1-3H3/t19-/m0/s1. The molecule has 3 aromatic rings. The molecule has 0 saturated carbocycles. The van der Waals surface area contributed by atoms with E-state index >= 15 is 0 Å². The number of anilines is 1. The number of benzene rings is 1. The van der Waals surface area contributed by atoms with Gasteiger partial charge in [-0.2, -0.15) is 9.97 Å². The largest absolute Gasteiger partial charge is 0.387 e. The number of aliphatic hydroxyl groups excluding tert-OH is 1. The fourth-order valence-electron chi connectivity index (χ4n) is 3.82. The van der Waals surface area contributed by atoms with Gasteiger partial charge in [-0.25, -0.2) is 18.0 Å². The fourth-order valence-corrected chi connectivity index (χ4v) is 4.75. The van der Waals surface area contributed by atoms with Gasteiger partial charge in [0.05, 0.1) is 24.1 Å². The summed E-state index contributed by atoms with van der Waals surface area (Å²) in [7, 11) is 0. The van der Waals surface area contributed by atoms with E-state index in [9.17, 15) is 23.1 Å². The molecule has 3 heterocycles. The van der Waals surface area contributed by atoms with E-state index < -0.39 is 17.7 Å². The van der Waals surface area contributed by atoms with E-state index in [0.29, 0.717) is 22.8 Å². The zero-order valence-corrected chi connectivity index (χ0v) is 19.2. The van der Waals surface area contributed by atoms with Crippen LogP contribution >= 0.6 is 11.3 Å². The highest BCUT2D eigenvalue weighted by molar-refractivity contribution is 7.12. The smallest absolute Gasteiger partial charge is 0.352 e. The van der Waals surface area contributed by atoms with Gasteiger partial charge in [-0.1, -0.05) is 12.1 Å². The Labute approximate surface area is 192 Å². The fraction of sp³-hybridized carbons (Fsp3) is 0.348. The predicted molar refractivity (Wildman–Crippen MR) is 121 cm³/mol. The monoisotopic (exact) mass is 476 g/mol. The maximum Gasteiger partial charge on any atom is 0.352 e. The highest BCUT2D eigenvalue weighted by Crippen LogP contribution is 2.33. The normalized spacial score (nSPS) is 16.8. The van der Waals surface area contributed by atoms with Crippen molar-refractivity contribution in [3.8, 4) is 0 Å². The van der Waals surface area contributed by atoms with Gasteiger partial charge in [-0.05, 0) is 54.8 Å². The summed E-state index contributed by atoms with van der Waals surface area (Å²) in [5, 5.41) is 10.7. The number of aromatic nitrogens is 3. The molecule has 0 radical (unpaired) electrons. The van der Waals surface area contributed by atoms with Crippen molar-refractivity contribution < 1.29 is 18.3 Å². The van der Waals surface area contributed by atoms with Crippen molar-refractivity contribution in [3.05, 3.63) is 79.4 Å². The van der Waals surface area contributed by atoms with Gasteiger partial charge in [-0.15, -0.1) is 11.3 Å². The van der Waals surface area contributed by atoms with Crippen LogP contribution in [0.15, 0.2) is 41.2 Å². The first-order valence-electron chi connectivity index (χ1n) is 10.3. The van der Waals surface area contributed by atoms with Gasteiger partial charge in [0.1, 0.15) is 11.6 Å². The quantitative estimate of drug-likeness (QED) is 0.605. The Morgan fingerprint density at radius 3 is 2.58 bits per heavy atom. The number of halogens is 3. The Kier molecular flexibility index (Phi) is 6.15. The Hall–Kier alpha value is -2.98. The SMILES string of the molecule is Cc1cc(F)ccc1C1=CCN(c2nc(C)n(Cc3ccc(C(C)(F)F)s3)c(=O)n2)C[C@@H]1O. The highest BCUT2D eigenvalue weighted by atomic mass is 32.1. The van der Waals surface area contributed by atoms with Gasteiger partial charge in [0.15, 0.2) is 0 Å². The molecule has 4 rings (SSSR count). The van der Waals surface area contributed by atoms with Crippen LogP contribution in [0.4, 0.5) is 19.1 Å². The molecule has 1 N–H and O–H groups in total. The molecule has 1 aliphatic rings. The molecule has 0 spiro atoms. The molecule has 1 atom stereocenters. The van der Waals surface area contributed by atoms with E-state index in [2.05, 4.69) is 9.97 Å². The number of hydrogen-bond donors (Lipinski definition) is 1. The minimum atomic E-state index is -2.93. The molecule has 33 heavy (non-hydrogen) atoms. The van der Waals surface area contributed by atoms with Crippen LogP contribution in [0.2, 0.25) is 0 Å². The van der Waals surface area contributed by atoms with Crippen molar-refractivity contribution in [1.29, 1.82) is 0 Å². The minimum Gasteiger partial charge on any atom is -0.387 e. The maximum atomic E-state index is 13.5. The van der Waals surface area contributed by atoms with Gasteiger partial charge in [0, 0.05) is 18.3 Å². The summed E-state index contributed by atoms with van der Waals surface area (Å²) in [5.74, 6) is -2.69. The lowest BCUT2D eigenvalue weighted by atomic mass is 9.93. The lowest BCUT2D eigenvalue weighted by Crippen LogP contribution is -2.40. The zero-order chi connectivity index (χ0) is 23.9. The Bertz CT molecular complexity index is 1280. The molecule has 10 heteroatoms. The summed E-state index contributed by atoms with van der Waals surface area (Å²) in [6.07, 6.45) is 0.950. The third-order valence-corrected chi connectivity index (χ3v) is 6.80. The summed E-state index contributed by atoms with van der Waals surface area (Å²) in [6.45, 7) is 4.91. The van der Waals surface area contributed by atoms with Crippen LogP contribution in [-0.4, -0.2) is 38.8 Å². The first-order chi connectivity index (χ1) is 15.5. The molecule has 0 amide bonds. The minimum absolute atomic E-state index is 0.0676. The van der Waals surface area contributed by atoms with E-state index in [0.717, 1.165) is 29.4 Å². The summed E-state index contributed by atoms with van der Waals surface area (Å²) in [6, 6.07) is 7.34. The average molecular weight is 477 g/mol. The van der Waals surface area contributed by atoms with E-state index in [4.69, 9.17) is 0 Å². The maximum absolute atomic E-state index is 13.5.